The Balaban J connectivity index is 1.46. The first-order valence-electron chi connectivity index (χ1n) is 7.85. The Bertz CT molecular complexity index is 299. The third-order valence-electron chi connectivity index (χ3n) is 5.32. The number of hydrogen-bond donors (Lipinski definition) is 2. The molecule has 2 saturated carbocycles. The molecule has 0 spiro atoms. The number of hydrogen-bond acceptors (Lipinski definition) is 2. The zero-order valence-corrected chi connectivity index (χ0v) is 11.3. The Morgan fingerprint density at radius 2 is 1.89 bits per heavy atom. The van der Waals surface area contributed by atoms with Crippen molar-refractivity contribution >= 4 is 5.91 Å². The fourth-order valence-corrected chi connectivity index (χ4v) is 4.22. The second-order valence-electron chi connectivity index (χ2n) is 6.49. The first-order chi connectivity index (χ1) is 8.84. The zero-order valence-electron chi connectivity index (χ0n) is 11.3. The Morgan fingerprint density at radius 1 is 1.06 bits per heavy atom. The van der Waals surface area contributed by atoms with E-state index >= 15 is 0 Å². The molecule has 3 aliphatic rings. The van der Waals surface area contributed by atoms with Crippen molar-refractivity contribution in [2.45, 2.75) is 57.4 Å². The Labute approximate surface area is 110 Å². The highest BCUT2D eigenvalue weighted by Crippen LogP contribution is 2.37. The van der Waals surface area contributed by atoms with Gasteiger partial charge in [0.15, 0.2) is 0 Å². The normalized spacial score (nSPS) is 36.6. The van der Waals surface area contributed by atoms with Crippen molar-refractivity contribution in [2.75, 3.05) is 13.1 Å². The number of rotatable bonds is 3. The molecular weight excluding hydrogens is 224 g/mol. The molecule has 1 aliphatic heterocycles. The van der Waals surface area contributed by atoms with E-state index in [1.54, 1.807) is 0 Å². The van der Waals surface area contributed by atoms with Crippen LogP contribution in [0.5, 0.6) is 0 Å². The minimum atomic E-state index is 0.112. The number of carbonyl (C=O) groups is 1. The molecule has 3 unspecified atom stereocenters. The average molecular weight is 250 g/mol. The highest BCUT2D eigenvalue weighted by molar-refractivity contribution is 5.82. The van der Waals surface area contributed by atoms with Gasteiger partial charge in [0, 0.05) is 6.54 Å². The summed E-state index contributed by atoms with van der Waals surface area (Å²) in [5.41, 5.74) is 0. The van der Waals surface area contributed by atoms with Crippen molar-refractivity contribution in [3.8, 4) is 0 Å². The van der Waals surface area contributed by atoms with Gasteiger partial charge in [0.1, 0.15) is 0 Å². The number of amides is 1. The molecule has 0 radical (unpaired) electrons. The first-order valence-corrected chi connectivity index (χ1v) is 7.85. The predicted octanol–water partition coefficient (Wildman–Crippen LogP) is 2.07. The highest BCUT2D eigenvalue weighted by atomic mass is 16.2. The molecule has 0 aromatic rings. The van der Waals surface area contributed by atoms with E-state index in [0.29, 0.717) is 5.92 Å². The molecule has 3 atom stereocenters. The van der Waals surface area contributed by atoms with Crippen LogP contribution >= 0.6 is 0 Å². The van der Waals surface area contributed by atoms with Gasteiger partial charge in [-0.3, -0.25) is 4.79 Å². The fourth-order valence-electron chi connectivity index (χ4n) is 4.22. The second kappa shape index (κ2) is 5.60. The fraction of sp³-hybridized carbons (Fsp3) is 0.933. The summed E-state index contributed by atoms with van der Waals surface area (Å²) in [4.78, 5) is 12.3. The van der Waals surface area contributed by atoms with Crippen LogP contribution in [0.3, 0.4) is 0 Å². The van der Waals surface area contributed by atoms with Crippen LogP contribution in [-0.4, -0.2) is 25.0 Å². The lowest BCUT2D eigenvalue weighted by Crippen LogP contribution is -2.45. The van der Waals surface area contributed by atoms with Crippen molar-refractivity contribution < 1.29 is 4.79 Å². The molecule has 3 fully saturated rings. The predicted molar refractivity (Wildman–Crippen MR) is 72.2 cm³/mol. The van der Waals surface area contributed by atoms with Crippen LogP contribution in [0.15, 0.2) is 0 Å². The largest absolute Gasteiger partial charge is 0.354 e. The van der Waals surface area contributed by atoms with Crippen molar-refractivity contribution in [3.63, 3.8) is 0 Å². The molecule has 1 saturated heterocycles. The molecule has 102 valence electrons. The van der Waals surface area contributed by atoms with E-state index in [0.717, 1.165) is 24.9 Å². The van der Waals surface area contributed by atoms with Crippen LogP contribution in [-0.2, 0) is 4.79 Å². The SMILES string of the molecule is O=C(NCC1CCCCC1)C1NCC2CCCC21. The summed E-state index contributed by atoms with van der Waals surface area (Å²) >= 11 is 0. The van der Waals surface area contributed by atoms with Crippen LogP contribution in [0.2, 0.25) is 0 Å². The van der Waals surface area contributed by atoms with Gasteiger partial charge in [-0.15, -0.1) is 0 Å². The molecule has 3 heteroatoms. The summed E-state index contributed by atoms with van der Waals surface area (Å²) < 4.78 is 0. The van der Waals surface area contributed by atoms with Gasteiger partial charge in [-0.2, -0.15) is 0 Å². The lowest BCUT2D eigenvalue weighted by molar-refractivity contribution is -0.124. The zero-order chi connectivity index (χ0) is 12.4. The molecule has 3 rings (SSSR count). The molecule has 3 nitrogen and oxygen atoms in total. The summed E-state index contributed by atoms with van der Waals surface area (Å²) in [7, 11) is 0. The molecule has 0 aromatic carbocycles. The molecule has 0 bridgehead atoms. The molecule has 2 aliphatic carbocycles. The Hall–Kier alpha value is -0.570. The average Bonchev–Trinajstić information content (AvgIpc) is 2.99. The number of nitrogens with one attached hydrogen (secondary N) is 2. The van der Waals surface area contributed by atoms with Gasteiger partial charge in [0.2, 0.25) is 5.91 Å². The van der Waals surface area contributed by atoms with Crippen LogP contribution < -0.4 is 10.6 Å². The lowest BCUT2D eigenvalue weighted by Gasteiger charge is -2.24. The summed E-state index contributed by atoms with van der Waals surface area (Å²) in [6.45, 7) is 1.97. The molecular formula is C15H26N2O. The third-order valence-corrected chi connectivity index (χ3v) is 5.32. The quantitative estimate of drug-likeness (QED) is 0.805. The van der Waals surface area contributed by atoms with Crippen molar-refractivity contribution in [1.29, 1.82) is 0 Å². The van der Waals surface area contributed by atoms with Crippen LogP contribution in [0.1, 0.15) is 51.4 Å². The maximum Gasteiger partial charge on any atom is 0.237 e. The van der Waals surface area contributed by atoms with Crippen LogP contribution in [0.25, 0.3) is 0 Å². The van der Waals surface area contributed by atoms with E-state index in [1.165, 1.54) is 51.4 Å². The smallest absolute Gasteiger partial charge is 0.237 e. The Kier molecular flexibility index (Phi) is 3.88. The highest BCUT2D eigenvalue weighted by Gasteiger charge is 2.42. The molecule has 18 heavy (non-hydrogen) atoms. The van der Waals surface area contributed by atoms with Gasteiger partial charge in [0.25, 0.3) is 0 Å². The summed E-state index contributed by atoms with van der Waals surface area (Å²) in [6.07, 6.45) is 10.6. The second-order valence-corrected chi connectivity index (χ2v) is 6.49. The van der Waals surface area contributed by atoms with E-state index in [1.807, 2.05) is 0 Å². The topological polar surface area (TPSA) is 41.1 Å². The number of carbonyl (C=O) groups excluding carboxylic acids is 1. The molecule has 1 amide bonds. The maximum atomic E-state index is 12.3. The molecule has 1 heterocycles. The van der Waals surface area contributed by atoms with Gasteiger partial charge in [-0.05, 0) is 50.0 Å². The monoisotopic (exact) mass is 250 g/mol. The minimum Gasteiger partial charge on any atom is -0.354 e. The van der Waals surface area contributed by atoms with E-state index in [-0.39, 0.29) is 11.9 Å². The van der Waals surface area contributed by atoms with Crippen LogP contribution in [0, 0.1) is 17.8 Å². The lowest BCUT2D eigenvalue weighted by atomic mass is 9.89. The van der Waals surface area contributed by atoms with Crippen LogP contribution in [0.4, 0.5) is 0 Å². The molecule has 0 aromatic heterocycles. The van der Waals surface area contributed by atoms with E-state index in [9.17, 15) is 4.79 Å². The summed E-state index contributed by atoms with van der Waals surface area (Å²) in [6, 6.07) is 0.112. The third kappa shape index (κ3) is 2.56. The van der Waals surface area contributed by atoms with Gasteiger partial charge in [0.05, 0.1) is 6.04 Å². The standard InChI is InChI=1S/C15H26N2O/c18-15(17-9-11-5-2-1-3-6-11)14-13-8-4-7-12(13)10-16-14/h11-14,16H,1-10H2,(H,17,18). The van der Waals surface area contributed by atoms with Gasteiger partial charge in [-0.1, -0.05) is 25.7 Å². The van der Waals surface area contributed by atoms with E-state index in [4.69, 9.17) is 0 Å². The summed E-state index contributed by atoms with van der Waals surface area (Å²) in [5, 5.41) is 6.64. The Morgan fingerprint density at radius 3 is 2.72 bits per heavy atom. The summed E-state index contributed by atoms with van der Waals surface area (Å²) in [5.74, 6) is 2.41. The van der Waals surface area contributed by atoms with Crippen molar-refractivity contribution in [3.05, 3.63) is 0 Å². The molecule has 2 N–H and O–H groups in total. The van der Waals surface area contributed by atoms with Gasteiger partial charge < -0.3 is 10.6 Å². The van der Waals surface area contributed by atoms with E-state index in [2.05, 4.69) is 10.6 Å². The van der Waals surface area contributed by atoms with Crippen molar-refractivity contribution in [2.24, 2.45) is 17.8 Å². The minimum absolute atomic E-state index is 0.112. The van der Waals surface area contributed by atoms with Gasteiger partial charge in [-0.25, -0.2) is 0 Å². The number of fused-ring (bicyclic) bond motifs is 1. The van der Waals surface area contributed by atoms with Crippen molar-refractivity contribution in [1.82, 2.24) is 10.6 Å². The van der Waals surface area contributed by atoms with E-state index < -0.39 is 0 Å². The van der Waals surface area contributed by atoms with Gasteiger partial charge >= 0.3 is 0 Å². The first kappa shape index (κ1) is 12.5. The maximum absolute atomic E-state index is 12.3.